The molecule has 0 radical (unpaired) electrons. The van der Waals surface area contributed by atoms with Crippen molar-refractivity contribution >= 4 is 27.5 Å². The molecule has 3 rings (SSSR count). The van der Waals surface area contributed by atoms with Crippen LogP contribution in [0.1, 0.15) is 63.2 Å². The van der Waals surface area contributed by atoms with Crippen LogP contribution >= 0.6 is 11.3 Å². The SMILES string of the molecule is CCc1nc2sc3c(c2c(=O)n1CCCC(=O)OC)CCC(C(C)(C)C)C3. The van der Waals surface area contributed by atoms with Gasteiger partial charge in [0.25, 0.3) is 5.56 Å². The van der Waals surface area contributed by atoms with E-state index in [-0.39, 0.29) is 16.9 Å². The lowest BCUT2D eigenvalue weighted by molar-refractivity contribution is -0.140. The second kappa shape index (κ2) is 7.74. The topological polar surface area (TPSA) is 61.2 Å². The molecule has 5 nitrogen and oxygen atoms in total. The zero-order valence-electron chi connectivity index (χ0n) is 17.1. The van der Waals surface area contributed by atoms with E-state index in [0.29, 0.717) is 31.7 Å². The molecule has 6 heteroatoms. The fraction of sp³-hybridized carbons (Fsp3) is 0.667. The minimum atomic E-state index is -0.240. The first kappa shape index (κ1) is 20.1. The van der Waals surface area contributed by atoms with Crippen LogP contribution in [0.25, 0.3) is 10.2 Å². The average molecular weight is 391 g/mol. The van der Waals surface area contributed by atoms with Gasteiger partial charge in [0.2, 0.25) is 0 Å². The number of carbonyl (C=O) groups excluding carboxylic acids is 1. The molecule has 1 unspecified atom stereocenters. The molecule has 1 atom stereocenters. The van der Waals surface area contributed by atoms with E-state index in [2.05, 4.69) is 20.8 Å². The Balaban J connectivity index is 1.98. The van der Waals surface area contributed by atoms with Crippen LogP contribution in [0.4, 0.5) is 0 Å². The molecule has 1 aliphatic carbocycles. The van der Waals surface area contributed by atoms with Crippen molar-refractivity contribution in [3.63, 3.8) is 0 Å². The second-order valence-electron chi connectivity index (χ2n) is 8.51. The number of hydrogen-bond donors (Lipinski definition) is 0. The van der Waals surface area contributed by atoms with E-state index in [4.69, 9.17) is 9.72 Å². The quantitative estimate of drug-likeness (QED) is 0.721. The fourth-order valence-electron chi connectivity index (χ4n) is 4.02. The van der Waals surface area contributed by atoms with Crippen molar-refractivity contribution in [1.29, 1.82) is 0 Å². The number of thiophene rings is 1. The summed E-state index contributed by atoms with van der Waals surface area (Å²) in [5.41, 5.74) is 1.56. The van der Waals surface area contributed by atoms with E-state index in [1.165, 1.54) is 17.6 Å². The summed E-state index contributed by atoms with van der Waals surface area (Å²) in [7, 11) is 1.39. The van der Waals surface area contributed by atoms with Crippen molar-refractivity contribution in [2.45, 2.75) is 72.8 Å². The van der Waals surface area contributed by atoms with Crippen LogP contribution in [-0.4, -0.2) is 22.6 Å². The molecule has 0 saturated heterocycles. The van der Waals surface area contributed by atoms with Gasteiger partial charge in [0.1, 0.15) is 10.7 Å². The maximum Gasteiger partial charge on any atom is 0.305 e. The smallest absolute Gasteiger partial charge is 0.305 e. The minimum absolute atomic E-state index is 0.0634. The van der Waals surface area contributed by atoms with Crippen LogP contribution in [-0.2, 0) is 35.3 Å². The third-order valence-corrected chi connectivity index (χ3v) is 6.93. The highest BCUT2D eigenvalue weighted by Crippen LogP contribution is 2.42. The molecular weight excluding hydrogens is 360 g/mol. The van der Waals surface area contributed by atoms with Gasteiger partial charge in [0.05, 0.1) is 12.5 Å². The molecule has 0 aromatic carbocycles. The van der Waals surface area contributed by atoms with Crippen LogP contribution in [0.15, 0.2) is 4.79 Å². The van der Waals surface area contributed by atoms with Gasteiger partial charge >= 0.3 is 5.97 Å². The lowest BCUT2D eigenvalue weighted by atomic mass is 9.72. The van der Waals surface area contributed by atoms with Crippen molar-refractivity contribution in [2.75, 3.05) is 7.11 Å². The standard InChI is InChI=1S/C21H30N2O3S/c1-6-16-22-19-18(20(25)23(16)11-7-8-17(24)26-5)14-10-9-13(21(2,3)4)12-15(14)27-19/h13H,6-12H2,1-5H3. The summed E-state index contributed by atoms with van der Waals surface area (Å²) in [6.07, 6.45) is 4.74. The molecule has 0 saturated carbocycles. The number of hydrogen-bond acceptors (Lipinski definition) is 5. The van der Waals surface area contributed by atoms with Crippen molar-refractivity contribution < 1.29 is 9.53 Å². The van der Waals surface area contributed by atoms with Gasteiger partial charge in [-0.1, -0.05) is 27.7 Å². The number of rotatable bonds is 5. The molecule has 2 aromatic rings. The van der Waals surface area contributed by atoms with Gasteiger partial charge in [-0.2, -0.15) is 0 Å². The lowest BCUT2D eigenvalue weighted by Crippen LogP contribution is -2.28. The Labute approximate surface area is 164 Å². The van der Waals surface area contributed by atoms with Gasteiger partial charge < -0.3 is 4.74 Å². The highest BCUT2D eigenvalue weighted by atomic mass is 32.1. The summed E-state index contributed by atoms with van der Waals surface area (Å²) >= 11 is 1.71. The van der Waals surface area contributed by atoms with Crippen molar-refractivity contribution in [3.05, 3.63) is 26.6 Å². The van der Waals surface area contributed by atoms with E-state index >= 15 is 0 Å². The Morgan fingerprint density at radius 3 is 2.74 bits per heavy atom. The third kappa shape index (κ3) is 3.96. The number of fused-ring (bicyclic) bond motifs is 3. The van der Waals surface area contributed by atoms with Gasteiger partial charge in [-0.15, -0.1) is 11.3 Å². The fourth-order valence-corrected chi connectivity index (χ4v) is 5.33. The molecule has 0 spiro atoms. The van der Waals surface area contributed by atoms with E-state index in [1.807, 2.05) is 6.92 Å². The Morgan fingerprint density at radius 1 is 1.37 bits per heavy atom. The summed E-state index contributed by atoms with van der Waals surface area (Å²) in [6.45, 7) is 9.44. The maximum atomic E-state index is 13.3. The molecule has 0 fully saturated rings. The zero-order valence-corrected chi connectivity index (χ0v) is 17.9. The molecule has 0 N–H and O–H groups in total. The van der Waals surface area contributed by atoms with E-state index < -0.39 is 0 Å². The minimum Gasteiger partial charge on any atom is -0.469 e. The van der Waals surface area contributed by atoms with Gasteiger partial charge in [-0.25, -0.2) is 4.98 Å². The summed E-state index contributed by atoms with van der Waals surface area (Å²) in [5, 5.41) is 0.817. The molecular formula is C21H30N2O3S. The van der Waals surface area contributed by atoms with Crippen molar-refractivity contribution in [3.8, 4) is 0 Å². The third-order valence-electron chi connectivity index (χ3n) is 5.78. The Hall–Kier alpha value is -1.69. The number of methoxy groups -OCH3 is 1. The van der Waals surface area contributed by atoms with Crippen molar-refractivity contribution in [2.24, 2.45) is 11.3 Å². The highest BCUT2D eigenvalue weighted by Gasteiger charge is 2.32. The summed E-state index contributed by atoms with van der Waals surface area (Å²) in [4.78, 5) is 31.7. The lowest BCUT2D eigenvalue weighted by Gasteiger charge is -2.33. The first-order chi connectivity index (χ1) is 12.8. The molecule has 148 valence electrons. The average Bonchev–Trinajstić information content (AvgIpc) is 2.99. The highest BCUT2D eigenvalue weighted by molar-refractivity contribution is 7.18. The number of carbonyl (C=O) groups is 1. The molecule has 1 aliphatic rings. The molecule has 0 bridgehead atoms. The Morgan fingerprint density at radius 2 is 2.11 bits per heavy atom. The van der Waals surface area contributed by atoms with Crippen molar-refractivity contribution in [1.82, 2.24) is 9.55 Å². The van der Waals surface area contributed by atoms with E-state index in [1.54, 1.807) is 15.9 Å². The molecule has 2 heterocycles. The molecule has 2 aromatic heterocycles. The number of aryl methyl sites for hydroxylation is 2. The van der Waals surface area contributed by atoms with Crippen LogP contribution in [0.3, 0.4) is 0 Å². The number of esters is 1. The van der Waals surface area contributed by atoms with Crippen LogP contribution in [0.2, 0.25) is 0 Å². The summed E-state index contributed by atoms with van der Waals surface area (Å²) < 4.78 is 6.48. The van der Waals surface area contributed by atoms with Gasteiger partial charge in [-0.3, -0.25) is 14.2 Å². The number of aromatic nitrogens is 2. The largest absolute Gasteiger partial charge is 0.469 e. The zero-order chi connectivity index (χ0) is 19.8. The number of nitrogens with zero attached hydrogens (tertiary/aromatic N) is 2. The predicted octanol–water partition coefficient (Wildman–Crippen LogP) is 4.12. The Kier molecular flexibility index (Phi) is 5.75. The molecule has 0 amide bonds. The second-order valence-corrected chi connectivity index (χ2v) is 9.59. The van der Waals surface area contributed by atoms with Crippen LogP contribution < -0.4 is 5.56 Å². The van der Waals surface area contributed by atoms with E-state index in [0.717, 1.165) is 35.3 Å². The first-order valence-electron chi connectivity index (χ1n) is 9.87. The summed E-state index contributed by atoms with van der Waals surface area (Å²) in [6, 6.07) is 0. The maximum absolute atomic E-state index is 13.3. The monoisotopic (exact) mass is 390 g/mol. The van der Waals surface area contributed by atoms with Crippen LogP contribution in [0, 0.1) is 11.3 Å². The first-order valence-corrected chi connectivity index (χ1v) is 10.7. The number of ether oxygens (including phenoxy) is 1. The molecule has 27 heavy (non-hydrogen) atoms. The van der Waals surface area contributed by atoms with E-state index in [9.17, 15) is 9.59 Å². The van der Waals surface area contributed by atoms with Gasteiger partial charge in [-0.05, 0) is 42.6 Å². The normalized spacial score (nSPS) is 17.1. The Bertz CT molecular complexity index is 905. The summed E-state index contributed by atoms with van der Waals surface area (Å²) in [5.74, 6) is 1.21. The van der Waals surface area contributed by atoms with Crippen LogP contribution in [0.5, 0.6) is 0 Å². The molecule has 0 aliphatic heterocycles. The predicted molar refractivity (Wildman–Crippen MR) is 109 cm³/mol. The van der Waals surface area contributed by atoms with Gasteiger partial charge in [0, 0.05) is 24.3 Å². The van der Waals surface area contributed by atoms with Gasteiger partial charge in [0.15, 0.2) is 0 Å².